The average Bonchev–Trinajstić information content (AvgIpc) is 2.37. The van der Waals surface area contributed by atoms with Crippen molar-refractivity contribution in [1.29, 1.82) is 0 Å². The first kappa shape index (κ1) is 18.1. The molecule has 0 amide bonds. The highest BCUT2D eigenvalue weighted by Crippen LogP contribution is 2.19. The Kier molecular flexibility index (Phi) is 9.07. The molecule has 18 heavy (non-hydrogen) atoms. The summed E-state index contributed by atoms with van der Waals surface area (Å²) in [6, 6.07) is 0. The monoisotopic (exact) mass is 278 g/mol. The van der Waals surface area contributed by atoms with Crippen molar-refractivity contribution < 1.29 is 17.8 Å². The molecule has 0 N–H and O–H groups in total. The van der Waals surface area contributed by atoms with Crippen LogP contribution < -0.4 is 0 Å². The zero-order valence-electron chi connectivity index (χ0n) is 13.1. The largest absolute Gasteiger partial charge is 0.558 e. The molecule has 0 atom stereocenters. The van der Waals surface area contributed by atoms with Crippen molar-refractivity contribution in [1.82, 2.24) is 0 Å². The Morgan fingerprint density at radius 2 is 1.06 bits per heavy atom. The summed E-state index contributed by atoms with van der Waals surface area (Å²) in [5.74, 6) is 0. The fourth-order valence-corrected chi connectivity index (χ4v) is 5.03. The van der Waals surface area contributed by atoms with Gasteiger partial charge in [-0.05, 0) is 19.3 Å². The van der Waals surface area contributed by atoms with E-state index in [0.29, 0.717) is 0 Å². The van der Waals surface area contributed by atoms with E-state index in [0.717, 1.165) is 10.7 Å². The molecule has 0 aliphatic carbocycles. The van der Waals surface area contributed by atoms with Gasteiger partial charge in [0.2, 0.25) is 0 Å². The summed E-state index contributed by atoms with van der Waals surface area (Å²) in [6.45, 7) is 10.3. The topological polar surface area (TPSA) is 27.7 Å². The Morgan fingerprint density at radius 1 is 0.722 bits per heavy atom. The number of hydrogen-bond acceptors (Lipinski definition) is 3. The summed E-state index contributed by atoms with van der Waals surface area (Å²) in [4.78, 5) is 0. The molecule has 0 fully saturated rings. The predicted molar refractivity (Wildman–Crippen MR) is 77.4 cm³/mol. The molecular formula is C13H32NO3Si+. The molecule has 0 aliphatic rings. The second kappa shape index (κ2) is 9.04. The van der Waals surface area contributed by atoms with Crippen molar-refractivity contribution in [3.63, 3.8) is 0 Å². The summed E-state index contributed by atoms with van der Waals surface area (Å²) < 4.78 is 17.9. The van der Waals surface area contributed by atoms with Crippen LogP contribution in [0.1, 0.15) is 40.0 Å². The van der Waals surface area contributed by atoms with Crippen LogP contribution in [0, 0.1) is 0 Å². The van der Waals surface area contributed by atoms with E-state index < -0.39 is 8.80 Å². The van der Waals surface area contributed by atoms with Gasteiger partial charge in [0.15, 0.2) is 0 Å². The molecule has 0 saturated heterocycles. The summed E-state index contributed by atoms with van der Waals surface area (Å²) in [7, 11) is 2.63. The average molecular weight is 278 g/mol. The van der Waals surface area contributed by atoms with Crippen LogP contribution in [-0.4, -0.2) is 60.4 Å². The maximum atomic E-state index is 5.61. The smallest absolute Gasteiger partial charge is 0.374 e. The van der Waals surface area contributed by atoms with Crippen LogP contribution in [0.15, 0.2) is 0 Å². The van der Waals surface area contributed by atoms with E-state index in [9.17, 15) is 0 Å². The molecule has 5 heteroatoms. The van der Waals surface area contributed by atoms with Crippen molar-refractivity contribution in [3.8, 4) is 0 Å². The Balaban J connectivity index is 5.02. The molecule has 0 saturated carbocycles. The van der Waals surface area contributed by atoms with Crippen molar-refractivity contribution in [2.45, 2.75) is 40.0 Å². The van der Waals surface area contributed by atoms with Gasteiger partial charge in [-0.1, -0.05) is 20.8 Å². The van der Waals surface area contributed by atoms with Crippen LogP contribution in [0.5, 0.6) is 0 Å². The minimum absolute atomic E-state index is 0.881. The molecule has 4 nitrogen and oxygen atoms in total. The first-order chi connectivity index (χ1) is 8.57. The molecule has 0 aromatic carbocycles. The summed E-state index contributed by atoms with van der Waals surface area (Å²) in [6.07, 6.45) is 4.43. The highest BCUT2D eigenvalue weighted by molar-refractivity contribution is 6.60. The first-order valence-electron chi connectivity index (χ1n) is 7.08. The standard InChI is InChI=1S/C13H32NO3Si/c1-7-10-14(11-8-2,12-9-3)13-18(15-4,16-5)17-6/h7-13H2,1-6H3/q+1. The van der Waals surface area contributed by atoms with Crippen molar-refractivity contribution >= 4 is 8.80 Å². The molecule has 0 aromatic heterocycles. The van der Waals surface area contributed by atoms with E-state index in [2.05, 4.69) is 20.8 Å². The third-order valence-electron chi connectivity index (χ3n) is 3.56. The number of hydrogen-bond donors (Lipinski definition) is 0. The van der Waals surface area contributed by atoms with Gasteiger partial charge in [-0.25, -0.2) is 0 Å². The van der Waals surface area contributed by atoms with Crippen LogP contribution in [0.2, 0.25) is 0 Å². The van der Waals surface area contributed by atoms with Gasteiger partial charge in [0.05, 0.1) is 19.6 Å². The minimum Gasteiger partial charge on any atom is -0.374 e. The van der Waals surface area contributed by atoms with Crippen molar-refractivity contribution in [2.75, 3.05) is 47.1 Å². The van der Waals surface area contributed by atoms with Gasteiger partial charge in [-0.15, -0.1) is 0 Å². The third kappa shape index (κ3) is 4.97. The normalized spacial score (nSPS) is 13.0. The highest BCUT2D eigenvalue weighted by atomic mass is 28.4. The Labute approximate surface area is 114 Å². The van der Waals surface area contributed by atoms with E-state index in [1.165, 1.54) is 38.9 Å². The fraction of sp³-hybridized carbons (Fsp3) is 1.00. The van der Waals surface area contributed by atoms with E-state index in [1.807, 2.05) is 0 Å². The van der Waals surface area contributed by atoms with Crippen LogP contribution in [-0.2, 0) is 13.3 Å². The van der Waals surface area contributed by atoms with Crippen molar-refractivity contribution in [2.24, 2.45) is 0 Å². The van der Waals surface area contributed by atoms with Crippen LogP contribution in [0.3, 0.4) is 0 Å². The maximum Gasteiger partial charge on any atom is 0.558 e. The van der Waals surface area contributed by atoms with E-state index in [4.69, 9.17) is 13.3 Å². The molecule has 0 bridgehead atoms. The lowest BCUT2D eigenvalue weighted by atomic mass is 10.2. The first-order valence-corrected chi connectivity index (χ1v) is 9.01. The zero-order chi connectivity index (χ0) is 14.1. The summed E-state index contributed by atoms with van der Waals surface area (Å²) in [5.41, 5.74) is 0. The molecule has 0 aromatic rings. The van der Waals surface area contributed by atoms with Crippen LogP contribution in [0.4, 0.5) is 0 Å². The Hall–Kier alpha value is 0.0569. The molecule has 0 rings (SSSR count). The Bertz CT molecular complexity index is 185. The quantitative estimate of drug-likeness (QED) is 0.429. The minimum atomic E-state index is -2.49. The zero-order valence-corrected chi connectivity index (χ0v) is 14.1. The summed E-state index contributed by atoms with van der Waals surface area (Å²) in [5, 5.41) is 0. The number of nitrogens with zero attached hydrogens (tertiary/aromatic N) is 1. The predicted octanol–water partition coefficient (Wildman–Crippen LogP) is 2.45. The molecular weight excluding hydrogens is 246 g/mol. The SMILES string of the molecule is CCC[N+](CCC)(CCC)C[Si](OC)(OC)OC. The van der Waals surface area contributed by atoms with Gasteiger partial charge < -0.3 is 17.8 Å². The Morgan fingerprint density at radius 3 is 1.28 bits per heavy atom. The molecule has 110 valence electrons. The lowest BCUT2D eigenvalue weighted by Gasteiger charge is -2.42. The van der Waals surface area contributed by atoms with E-state index in [1.54, 1.807) is 21.3 Å². The molecule has 0 unspecified atom stereocenters. The molecule has 0 radical (unpaired) electrons. The lowest BCUT2D eigenvalue weighted by molar-refractivity contribution is -0.921. The number of quaternary nitrogens is 1. The van der Waals surface area contributed by atoms with Crippen LogP contribution >= 0.6 is 0 Å². The van der Waals surface area contributed by atoms with Gasteiger partial charge >= 0.3 is 8.80 Å². The van der Waals surface area contributed by atoms with Gasteiger partial charge in [0.25, 0.3) is 0 Å². The number of rotatable bonds is 11. The fourth-order valence-electron chi connectivity index (χ4n) is 2.85. The molecule has 0 spiro atoms. The molecule has 0 heterocycles. The van der Waals surface area contributed by atoms with Crippen molar-refractivity contribution in [3.05, 3.63) is 0 Å². The second-order valence-electron chi connectivity index (χ2n) is 4.97. The van der Waals surface area contributed by atoms with E-state index >= 15 is 0 Å². The lowest BCUT2D eigenvalue weighted by Crippen LogP contribution is -2.63. The summed E-state index contributed by atoms with van der Waals surface area (Å²) >= 11 is 0. The molecule has 0 aliphatic heterocycles. The highest BCUT2D eigenvalue weighted by Gasteiger charge is 2.47. The van der Waals surface area contributed by atoms with Gasteiger partial charge in [0, 0.05) is 21.3 Å². The van der Waals surface area contributed by atoms with Gasteiger partial charge in [0.1, 0.15) is 6.17 Å². The van der Waals surface area contributed by atoms with Gasteiger partial charge in [-0.2, -0.15) is 0 Å². The third-order valence-corrected chi connectivity index (χ3v) is 6.48. The van der Waals surface area contributed by atoms with E-state index in [-0.39, 0.29) is 0 Å². The van der Waals surface area contributed by atoms with Gasteiger partial charge in [-0.3, -0.25) is 0 Å². The second-order valence-corrected chi connectivity index (χ2v) is 7.87. The van der Waals surface area contributed by atoms with Crippen LogP contribution in [0.25, 0.3) is 0 Å². The maximum absolute atomic E-state index is 5.61.